The minimum atomic E-state index is -2.17. The molecule has 0 atom stereocenters. The fraction of sp³-hybridized carbons (Fsp3) is 1.00. The molecule has 0 aliphatic rings. The minimum absolute atomic E-state index is 1.58. The fourth-order valence-corrected chi connectivity index (χ4v) is 0.750. The molecule has 0 fully saturated rings. The van der Waals surface area contributed by atoms with Crippen LogP contribution in [0.15, 0.2) is 0 Å². The first-order chi connectivity index (χ1) is 3.68. The van der Waals surface area contributed by atoms with Crippen molar-refractivity contribution >= 4 is 15.4 Å². The predicted octanol–water partition coefficient (Wildman–Crippen LogP) is -0.0314. The van der Waals surface area contributed by atoms with E-state index in [1.54, 1.807) is 21.3 Å². The van der Waals surface area contributed by atoms with Crippen molar-refractivity contribution in [2.75, 3.05) is 21.3 Å². The van der Waals surface area contributed by atoms with Gasteiger partial charge in [0.1, 0.15) is 0 Å². The van der Waals surface area contributed by atoms with Crippen molar-refractivity contribution in [2.45, 2.75) is 0 Å². The monoisotopic (exact) mass is 138 g/mol. The number of rotatable bonds is 3. The molecule has 50 valence electrons. The summed E-state index contributed by atoms with van der Waals surface area (Å²) in [6.07, 6.45) is 0. The molecule has 0 radical (unpaired) electrons. The third-order valence-corrected chi connectivity index (χ3v) is 3.34. The zero-order chi connectivity index (χ0) is 6.62. The van der Waals surface area contributed by atoms with Gasteiger partial charge in [0.25, 0.3) is 0 Å². The van der Waals surface area contributed by atoms with Gasteiger partial charge in [0.05, 0.1) is 0 Å². The van der Waals surface area contributed by atoms with Crippen LogP contribution in [0.1, 0.15) is 0 Å². The van der Waals surface area contributed by atoms with Gasteiger partial charge < -0.3 is 0 Å². The topological polar surface area (TPSA) is 27.7 Å². The van der Waals surface area contributed by atoms with E-state index in [1.165, 1.54) is 0 Å². The molecule has 0 N–H and O–H groups in total. The van der Waals surface area contributed by atoms with Gasteiger partial charge in [0.15, 0.2) is 0 Å². The summed E-state index contributed by atoms with van der Waals surface area (Å²) in [5.41, 5.74) is 0. The van der Waals surface area contributed by atoms with Crippen molar-refractivity contribution in [1.29, 1.82) is 0 Å². The zero-order valence-electron chi connectivity index (χ0n) is 5.72. The van der Waals surface area contributed by atoms with Gasteiger partial charge in [0, 0.05) is 0 Å². The summed E-state index contributed by atoms with van der Waals surface area (Å²) in [6.45, 7) is 0. The first kappa shape index (κ1) is 8.37. The van der Waals surface area contributed by atoms with Crippen molar-refractivity contribution in [3.05, 3.63) is 0 Å². The summed E-state index contributed by atoms with van der Waals surface area (Å²) in [7, 11) is 4.40. The van der Waals surface area contributed by atoms with Crippen LogP contribution in [-0.2, 0) is 13.6 Å². The van der Waals surface area contributed by atoms with Crippen LogP contribution in [0.5, 0.6) is 0 Å². The summed E-state index contributed by atoms with van der Waals surface area (Å²) < 4.78 is 14.8. The average Bonchev–Trinajstić information content (AvgIpc) is 1.87. The van der Waals surface area contributed by atoms with E-state index >= 15 is 0 Å². The summed E-state index contributed by atoms with van der Waals surface area (Å²) in [5, 5.41) is 0. The Morgan fingerprint density at radius 3 is 1.25 bits per heavy atom. The van der Waals surface area contributed by atoms with Crippen molar-refractivity contribution in [3.63, 3.8) is 0 Å². The summed E-state index contributed by atoms with van der Waals surface area (Å²) >= 11 is 0. The van der Waals surface area contributed by atoms with E-state index in [9.17, 15) is 0 Å². The molecule has 0 aliphatic carbocycles. The molecule has 8 heavy (non-hydrogen) atoms. The van der Waals surface area contributed by atoms with Crippen LogP contribution in [0.4, 0.5) is 0 Å². The zero-order valence-corrected chi connectivity index (χ0v) is 6.72. The van der Waals surface area contributed by atoms with Crippen molar-refractivity contribution in [2.24, 2.45) is 0 Å². The molecule has 0 aliphatic heterocycles. The number of hydrogen-bond donors (Lipinski definition) is 0. The van der Waals surface area contributed by atoms with Crippen molar-refractivity contribution in [1.82, 2.24) is 0 Å². The Bertz CT molecular complexity index is 57.3. The molecule has 0 aromatic rings. The Labute approximate surface area is 51.3 Å². The quantitative estimate of drug-likeness (QED) is 0.404. The maximum absolute atomic E-state index is 4.93. The summed E-state index contributed by atoms with van der Waals surface area (Å²) in [5.74, 6) is 0. The van der Waals surface area contributed by atoms with E-state index in [-0.39, 0.29) is 0 Å². The molecular formula is C3H12BO3P. The van der Waals surface area contributed by atoms with Crippen LogP contribution in [-0.4, -0.2) is 28.9 Å². The Kier molecular flexibility index (Phi) is 3.57. The van der Waals surface area contributed by atoms with E-state index in [0.717, 1.165) is 0 Å². The van der Waals surface area contributed by atoms with Gasteiger partial charge in [-0.25, -0.2) is 0 Å². The molecule has 0 heterocycles. The molecule has 0 saturated heterocycles. The van der Waals surface area contributed by atoms with Crippen LogP contribution >= 0.6 is 7.82 Å². The van der Waals surface area contributed by atoms with Crippen LogP contribution in [0.2, 0.25) is 0 Å². The van der Waals surface area contributed by atoms with Gasteiger partial charge in [-0.15, -0.1) is 0 Å². The summed E-state index contributed by atoms with van der Waals surface area (Å²) in [6, 6.07) is 0. The van der Waals surface area contributed by atoms with E-state index in [4.69, 9.17) is 13.6 Å². The van der Waals surface area contributed by atoms with Crippen molar-refractivity contribution in [3.8, 4) is 0 Å². The Morgan fingerprint density at radius 2 is 1.25 bits per heavy atom. The van der Waals surface area contributed by atoms with Crippen molar-refractivity contribution < 1.29 is 13.6 Å². The molecule has 0 bridgehead atoms. The molecule has 0 aromatic heterocycles. The van der Waals surface area contributed by atoms with Gasteiger partial charge in [-0.2, -0.15) is 0 Å². The van der Waals surface area contributed by atoms with Gasteiger partial charge in [0.2, 0.25) is 0 Å². The second kappa shape index (κ2) is 3.41. The van der Waals surface area contributed by atoms with Crippen LogP contribution in [0, 0.1) is 0 Å². The van der Waals surface area contributed by atoms with Gasteiger partial charge in [-0.3, -0.25) is 0 Å². The molecule has 0 aromatic carbocycles. The third kappa shape index (κ3) is 2.10. The molecule has 0 amide bonds. The van der Waals surface area contributed by atoms with E-state index in [2.05, 4.69) is 0 Å². The van der Waals surface area contributed by atoms with E-state index in [1.807, 2.05) is 7.57 Å². The third-order valence-electron chi connectivity index (χ3n) is 1.11. The van der Waals surface area contributed by atoms with Crippen LogP contribution in [0.3, 0.4) is 0 Å². The molecule has 0 rings (SSSR count). The first-order valence-electron chi connectivity index (χ1n) is 2.34. The maximum atomic E-state index is 4.93. The molecule has 0 spiro atoms. The van der Waals surface area contributed by atoms with Gasteiger partial charge >= 0.3 is 50.3 Å². The SMILES string of the molecule is B[PH](OC)(OC)OC. The molecule has 0 unspecified atom stereocenters. The molecular weight excluding hydrogens is 126 g/mol. The molecule has 3 nitrogen and oxygen atoms in total. The predicted molar refractivity (Wildman–Crippen MR) is 37.9 cm³/mol. The first-order valence-corrected chi connectivity index (χ1v) is 4.56. The fourth-order valence-electron chi connectivity index (χ4n) is 0.250. The van der Waals surface area contributed by atoms with E-state index < -0.39 is 7.82 Å². The molecule has 5 heteroatoms. The van der Waals surface area contributed by atoms with Crippen LogP contribution < -0.4 is 0 Å². The Hall–Kier alpha value is 0.375. The molecule has 0 saturated carbocycles. The normalized spacial score (nSPS) is 13.9. The second-order valence-electron chi connectivity index (χ2n) is 1.47. The standard InChI is InChI=1S/C3H12BO3P/c1-5-8(4,6-2)7-3/h8H,4H2,1-3H3. The summed E-state index contributed by atoms with van der Waals surface area (Å²) in [4.78, 5) is 0. The Balaban J connectivity index is 3.58. The number of hydrogen-bond acceptors (Lipinski definition) is 3. The average molecular weight is 138 g/mol. The van der Waals surface area contributed by atoms with Gasteiger partial charge in [-0.05, 0) is 0 Å². The second-order valence-corrected chi connectivity index (χ2v) is 4.42. The van der Waals surface area contributed by atoms with Gasteiger partial charge in [-0.1, -0.05) is 0 Å². The van der Waals surface area contributed by atoms with E-state index in [0.29, 0.717) is 0 Å². The van der Waals surface area contributed by atoms with Crippen LogP contribution in [0.25, 0.3) is 0 Å². The Morgan fingerprint density at radius 1 is 1.00 bits per heavy atom.